The van der Waals surface area contributed by atoms with Crippen LogP contribution in [0.25, 0.3) is 0 Å². The largest absolute Gasteiger partial charge is 0.493 e. The number of hydrogen-bond acceptors (Lipinski definition) is 1. The van der Waals surface area contributed by atoms with Crippen molar-refractivity contribution < 1.29 is 4.74 Å². The van der Waals surface area contributed by atoms with E-state index in [1.54, 1.807) is 0 Å². The van der Waals surface area contributed by atoms with Crippen molar-refractivity contribution in [2.45, 2.75) is 39.5 Å². The highest BCUT2D eigenvalue weighted by molar-refractivity contribution is 5.36. The van der Waals surface area contributed by atoms with Gasteiger partial charge in [-0.1, -0.05) is 45.0 Å². The van der Waals surface area contributed by atoms with Gasteiger partial charge in [0, 0.05) is 0 Å². The van der Waals surface area contributed by atoms with E-state index in [4.69, 9.17) is 4.74 Å². The van der Waals surface area contributed by atoms with Crippen LogP contribution in [0, 0.1) is 5.92 Å². The highest BCUT2D eigenvalue weighted by Crippen LogP contribution is 2.31. The molecule has 1 aromatic carbocycles. The minimum absolute atomic E-state index is 0.524. The van der Waals surface area contributed by atoms with Crippen LogP contribution in [0.2, 0.25) is 0 Å². The molecule has 0 fully saturated rings. The van der Waals surface area contributed by atoms with Crippen molar-refractivity contribution in [2.75, 3.05) is 6.61 Å². The molecule has 0 saturated heterocycles. The van der Waals surface area contributed by atoms with E-state index in [9.17, 15) is 0 Å². The number of para-hydroxylation sites is 1. The van der Waals surface area contributed by atoms with Crippen molar-refractivity contribution in [3.05, 3.63) is 42.5 Å². The van der Waals surface area contributed by atoms with E-state index < -0.39 is 0 Å². The van der Waals surface area contributed by atoms with Gasteiger partial charge in [0.15, 0.2) is 0 Å². The Morgan fingerprint density at radius 1 is 1.29 bits per heavy atom. The van der Waals surface area contributed by atoms with Crippen LogP contribution in [0.1, 0.15) is 45.1 Å². The first kappa shape index (κ1) is 13.8. The van der Waals surface area contributed by atoms with Crippen LogP contribution < -0.4 is 4.74 Å². The molecule has 1 nitrogen and oxygen atoms in total. The van der Waals surface area contributed by atoms with Gasteiger partial charge in [-0.15, -0.1) is 6.58 Å². The van der Waals surface area contributed by atoms with E-state index >= 15 is 0 Å². The van der Waals surface area contributed by atoms with Gasteiger partial charge in [0.2, 0.25) is 0 Å². The lowest BCUT2D eigenvalue weighted by molar-refractivity contribution is 0.267. The third kappa shape index (κ3) is 4.26. The Hall–Kier alpha value is -1.24. The minimum Gasteiger partial charge on any atom is -0.493 e. The Morgan fingerprint density at radius 2 is 2.00 bits per heavy atom. The first-order chi connectivity index (χ1) is 8.19. The summed E-state index contributed by atoms with van der Waals surface area (Å²) in [4.78, 5) is 0. The predicted molar refractivity (Wildman–Crippen MR) is 74.6 cm³/mol. The fraction of sp³-hybridized carbons (Fsp3) is 0.500. The second kappa shape index (κ2) is 7.16. The highest BCUT2D eigenvalue weighted by Gasteiger charge is 2.13. The second-order valence-electron chi connectivity index (χ2n) is 4.87. The van der Waals surface area contributed by atoms with Crippen molar-refractivity contribution >= 4 is 0 Å². The lowest BCUT2D eigenvalue weighted by atomic mass is 9.92. The van der Waals surface area contributed by atoms with Gasteiger partial charge in [-0.25, -0.2) is 0 Å². The number of allylic oxidation sites excluding steroid dienone is 1. The maximum atomic E-state index is 5.89. The predicted octanol–water partition coefficient (Wildman–Crippen LogP) is 4.79. The van der Waals surface area contributed by atoms with E-state index in [0.29, 0.717) is 11.8 Å². The Balaban J connectivity index is 2.85. The van der Waals surface area contributed by atoms with Crippen LogP contribution >= 0.6 is 0 Å². The van der Waals surface area contributed by atoms with Gasteiger partial charge in [0.1, 0.15) is 5.75 Å². The van der Waals surface area contributed by atoms with E-state index in [-0.39, 0.29) is 0 Å². The summed E-state index contributed by atoms with van der Waals surface area (Å²) < 4.78 is 5.89. The summed E-state index contributed by atoms with van der Waals surface area (Å²) in [6, 6.07) is 8.37. The zero-order valence-corrected chi connectivity index (χ0v) is 11.3. The topological polar surface area (TPSA) is 9.23 Å². The normalized spacial score (nSPS) is 12.5. The van der Waals surface area contributed by atoms with E-state index in [0.717, 1.165) is 25.2 Å². The third-order valence-electron chi connectivity index (χ3n) is 2.87. The zero-order valence-electron chi connectivity index (χ0n) is 11.3. The quantitative estimate of drug-likeness (QED) is 0.614. The summed E-state index contributed by atoms with van der Waals surface area (Å²) in [5.74, 6) is 2.12. The Kier molecular flexibility index (Phi) is 5.82. The SMILES string of the molecule is C=CCC(CC)c1ccccc1OCC(C)C. The molecule has 0 aliphatic carbocycles. The van der Waals surface area contributed by atoms with Gasteiger partial charge in [-0.3, -0.25) is 0 Å². The fourth-order valence-electron chi connectivity index (χ4n) is 1.92. The molecule has 0 amide bonds. The summed E-state index contributed by atoms with van der Waals surface area (Å²) >= 11 is 0. The molecule has 0 aliphatic heterocycles. The third-order valence-corrected chi connectivity index (χ3v) is 2.87. The summed E-state index contributed by atoms with van der Waals surface area (Å²) in [5, 5.41) is 0. The molecule has 0 N–H and O–H groups in total. The fourth-order valence-corrected chi connectivity index (χ4v) is 1.92. The van der Waals surface area contributed by atoms with Crippen LogP contribution in [0.15, 0.2) is 36.9 Å². The minimum atomic E-state index is 0.524. The number of ether oxygens (including phenoxy) is 1. The molecule has 0 aromatic heterocycles. The molecule has 1 atom stereocenters. The molecule has 17 heavy (non-hydrogen) atoms. The molecular weight excluding hydrogens is 208 g/mol. The molecule has 0 bridgehead atoms. The van der Waals surface area contributed by atoms with E-state index in [2.05, 4.69) is 45.5 Å². The van der Waals surface area contributed by atoms with Crippen LogP contribution in [0.5, 0.6) is 5.75 Å². The lowest BCUT2D eigenvalue weighted by Crippen LogP contribution is -2.07. The first-order valence-electron chi connectivity index (χ1n) is 6.51. The van der Waals surface area contributed by atoms with Gasteiger partial charge < -0.3 is 4.74 Å². The highest BCUT2D eigenvalue weighted by atomic mass is 16.5. The molecule has 1 aromatic rings. The summed E-state index contributed by atoms with van der Waals surface area (Å²) in [5.41, 5.74) is 1.32. The monoisotopic (exact) mass is 232 g/mol. The molecule has 1 heteroatoms. The standard InChI is InChI=1S/C16H24O/c1-5-9-14(6-2)15-10-7-8-11-16(15)17-12-13(3)4/h5,7-8,10-11,13-14H,1,6,9,12H2,2-4H3. The van der Waals surface area contributed by atoms with Crippen molar-refractivity contribution in [1.82, 2.24) is 0 Å². The van der Waals surface area contributed by atoms with Gasteiger partial charge in [0.05, 0.1) is 6.61 Å². The van der Waals surface area contributed by atoms with Gasteiger partial charge in [-0.2, -0.15) is 0 Å². The molecule has 0 heterocycles. The van der Waals surface area contributed by atoms with Gasteiger partial charge in [-0.05, 0) is 36.3 Å². The van der Waals surface area contributed by atoms with Crippen molar-refractivity contribution in [1.29, 1.82) is 0 Å². The van der Waals surface area contributed by atoms with Crippen LogP contribution in [-0.2, 0) is 0 Å². The van der Waals surface area contributed by atoms with Crippen molar-refractivity contribution in [3.63, 3.8) is 0 Å². The van der Waals surface area contributed by atoms with E-state index in [1.165, 1.54) is 5.56 Å². The number of benzene rings is 1. The Morgan fingerprint density at radius 3 is 2.59 bits per heavy atom. The average molecular weight is 232 g/mol. The van der Waals surface area contributed by atoms with Gasteiger partial charge in [0.25, 0.3) is 0 Å². The number of rotatable bonds is 7. The van der Waals surface area contributed by atoms with Gasteiger partial charge >= 0.3 is 0 Å². The first-order valence-corrected chi connectivity index (χ1v) is 6.51. The van der Waals surface area contributed by atoms with Crippen LogP contribution in [0.4, 0.5) is 0 Å². The smallest absolute Gasteiger partial charge is 0.122 e. The summed E-state index contributed by atoms with van der Waals surface area (Å²) in [6.45, 7) is 11.2. The Bertz CT molecular complexity index is 341. The molecule has 0 aliphatic rings. The van der Waals surface area contributed by atoms with E-state index in [1.807, 2.05) is 12.1 Å². The zero-order chi connectivity index (χ0) is 12.7. The van der Waals surface area contributed by atoms with Crippen LogP contribution in [0.3, 0.4) is 0 Å². The summed E-state index contributed by atoms with van der Waals surface area (Å²) in [7, 11) is 0. The molecule has 0 saturated carbocycles. The molecule has 1 unspecified atom stereocenters. The Labute approximate surface area is 106 Å². The second-order valence-corrected chi connectivity index (χ2v) is 4.87. The molecule has 94 valence electrons. The number of hydrogen-bond donors (Lipinski definition) is 0. The maximum absolute atomic E-state index is 5.89. The average Bonchev–Trinajstić information content (AvgIpc) is 2.34. The lowest BCUT2D eigenvalue weighted by Gasteiger charge is -2.18. The maximum Gasteiger partial charge on any atom is 0.122 e. The van der Waals surface area contributed by atoms with Crippen LogP contribution in [-0.4, -0.2) is 6.61 Å². The summed E-state index contributed by atoms with van der Waals surface area (Å²) in [6.07, 6.45) is 4.13. The molecular formula is C16H24O. The molecule has 0 radical (unpaired) electrons. The van der Waals surface area contributed by atoms with Crippen molar-refractivity contribution in [3.8, 4) is 5.75 Å². The molecule has 1 rings (SSSR count). The molecule has 0 spiro atoms. The van der Waals surface area contributed by atoms with Crippen molar-refractivity contribution in [2.24, 2.45) is 5.92 Å².